The number of nitrogens with zero attached hydrogens (tertiary/aromatic N) is 2. The third-order valence-corrected chi connectivity index (χ3v) is 16.1. The molecule has 0 spiro atoms. The lowest BCUT2D eigenvalue weighted by Gasteiger charge is -2.42. The third-order valence-electron chi connectivity index (χ3n) is 13.9. The first kappa shape index (κ1) is 37.1. The molecular weight excluding hydrogens is 778 g/mol. The number of thiophene rings is 1. The number of aromatic nitrogens is 2. The van der Waals surface area contributed by atoms with Gasteiger partial charge < -0.3 is 9.88 Å². The van der Waals surface area contributed by atoms with Crippen molar-refractivity contribution >= 4 is 104 Å². The van der Waals surface area contributed by atoms with Gasteiger partial charge in [0, 0.05) is 64.7 Å². The van der Waals surface area contributed by atoms with E-state index in [1.54, 1.807) is 11.3 Å². The normalized spacial score (nSPS) is 15.4. The second-order valence-corrected chi connectivity index (χ2v) is 21.9. The van der Waals surface area contributed by atoms with Gasteiger partial charge in [0.15, 0.2) is 7.28 Å². The molecule has 3 aromatic heterocycles. The number of anilines is 2. The van der Waals surface area contributed by atoms with Crippen LogP contribution in [0.5, 0.6) is 0 Å². The van der Waals surface area contributed by atoms with Crippen LogP contribution in [0.4, 0.5) is 11.4 Å². The summed E-state index contributed by atoms with van der Waals surface area (Å²) in [4.78, 5) is 5.24. The van der Waals surface area contributed by atoms with E-state index in [0.717, 1.165) is 40.3 Å². The molecule has 2 aliphatic rings. The van der Waals surface area contributed by atoms with Gasteiger partial charge in [0.25, 0.3) is 0 Å². The molecule has 61 heavy (non-hydrogen) atoms. The van der Waals surface area contributed by atoms with E-state index in [9.17, 15) is 0 Å². The van der Waals surface area contributed by atoms with Gasteiger partial charge in [-0.3, -0.25) is 0 Å². The molecular formula is C55H47BN3S2. The summed E-state index contributed by atoms with van der Waals surface area (Å²) in [6, 6.07) is 48.0. The van der Waals surface area contributed by atoms with E-state index < -0.39 is 0 Å². The van der Waals surface area contributed by atoms with E-state index in [2.05, 4.69) is 193 Å². The molecule has 0 fully saturated rings. The zero-order valence-electron chi connectivity index (χ0n) is 35.8. The van der Waals surface area contributed by atoms with Crippen molar-refractivity contribution in [3.63, 3.8) is 0 Å². The molecule has 0 unspecified atom stereocenters. The topological polar surface area (TPSA) is 29.9 Å². The highest BCUT2D eigenvalue weighted by atomic mass is 32.1. The van der Waals surface area contributed by atoms with Gasteiger partial charge in [0.2, 0.25) is 0 Å². The Bertz CT molecular complexity index is 3450. The highest BCUT2D eigenvalue weighted by Crippen LogP contribution is 2.50. The van der Waals surface area contributed by atoms with Crippen molar-refractivity contribution in [1.82, 2.24) is 9.55 Å². The standard InChI is InChI=1S/C55H47BN3S2/c1-53(2,3)32-17-19-33(20-18-32)57-43-28-41-40(54(4,5)23-24-55(41,6)7)25-37(43)35-21-22-36-38-27-48-39(34-15-11-12-16-47(34)60-48)26-45(38)59-46-30-49-44(29-42(46)56-50(35)51(36)59)58-52(61-49)31-13-9-8-10-14-31/h8-22,25-30,57H,23-24H2,1-7H3. The fourth-order valence-corrected chi connectivity index (χ4v) is 12.4. The van der Waals surface area contributed by atoms with Gasteiger partial charge in [-0.1, -0.05) is 127 Å². The van der Waals surface area contributed by atoms with Crippen LogP contribution in [-0.4, -0.2) is 16.8 Å². The van der Waals surface area contributed by atoms with Crippen molar-refractivity contribution in [1.29, 1.82) is 0 Å². The van der Waals surface area contributed by atoms with Crippen LogP contribution in [0.3, 0.4) is 0 Å². The average Bonchev–Trinajstić information content (AvgIpc) is 3.93. The third kappa shape index (κ3) is 5.71. The lowest BCUT2D eigenvalue weighted by Crippen LogP contribution is -2.37. The number of benzene rings is 7. The van der Waals surface area contributed by atoms with Gasteiger partial charge in [0.05, 0.1) is 15.7 Å². The minimum atomic E-state index is 0.0558. The number of nitrogens with one attached hydrogen (secondary N) is 1. The number of hydrogen-bond donors (Lipinski definition) is 1. The Labute approximate surface area is 366 Å². The van der Waals surface area contributed by atoms with Crippen LogP contribution >= 0.6 is 22.7 Å². The van der Waals surface area contributed by atoms with Gasteiger partial charge in [-0.25, -0.2) is 4.98 Å². The van der Waals surface area contributed by atoms with Crippen LogP contribution in [-0.2, 0) is 16.2 Å². The molecule has 1 aliphatic heterocycles. The van der Waals surface area contributed by atoms with Crippen LogP contribution in [0.1, 0.15) is 78.0 Å². The maximum Gasteiger partial charge on any atom is 0.198 e. The second kappa shape index (κ2) is 12.9. The van der Waals surface area contributed by atoms with Crippen LogP contribution < -0.4 is 16.2 Å². The van der Waals surface area contributed by atoms with Crippen molar-refractivity contribution in [2.45, 2.75) is 77.6 Å². The summed E-state index contributed by atoms with van der Waals surface area (Å²) >= 11 is 3.68. The SMILES string of the molecule is CC(C)(C)c1ccc(Nc2cc3c(cc2-c2ccc4c5cc6sc7ccccc7c6cc5n5c4c2[B]c2cc4nc(-c6ccccc6)sc4cc2-5)C(C)(C)CCC3(C)C)cc1. The summed E-state index contributed by atoms with van der Waals surface area (Å²) < 4.78 is 6.44. The van der Waals surface area contributed by atoms with Gasteiger partial charge >= 0.3 is 0 Å². The van der Waals surface area contributed by atoms with Crippen molar-refractivity contribution in [3.8, 4) is 27.4 Å². The summed E-state index contributed by atoms with van der Waals surface area (Å²) in [6.07, 6.45) is 2.32. The van der Waals surface area contributed by atoms with Crippen molar-refractivity contribution in [2.24, 2.45) is 0 Å². The van der Waals surface area contributed by atoms with Crippen LogP contribution in [0, 0.1) is 0 Å². The zero-order chi connectivity index (χ0) is 41.6. The van der Waals surface area contributed by atoms with E-state index in [0.29, 0.717) is 0 Å². The highest BCUT2D eigenvalue weighted by Gasteiger charge is 2.38. The molecule has 1 radical (unpaired) electrons. The summed E-state index contributed by atoms with van der Waals surface area (Å²) in [6.45, 7) is 16.6. The molecule has 297 valence electrons. The van der Waals surface area contributed by atoms with Crippen molar-refractivity contribution in [3.05, 3.63) is 144 Å². The Morgan fingerprint density at radius 1 is 0.639 bits per heavy atom. The molecule has 0 bridgehead atoms. The van der Waals surface area contributed by atoms with Crippen LogP contribution in [0.25, 0.3) is 79.6 Å². The summed E-state index contributed by atoms with van der Waals surface area (Å²) in [5.74, 6) is 0. The lowest BCUT2D eigenvalue weighted by atomic mass is 9.58. The summed E-state index contributed by atoms with van der Waals surface area (Å²) in [5, 5.41) is 10.3. The minimum absolute atomic E-state index is 0.0558. The first-order valence-electron chi connectivity index (χ1n) is 21.7. The first-order chi connectivity index (χ1) is 29.3. The number of thiazole rings is 1. The lowest BCUT2D eigenvalue weighted by molar-refractivity contribution is 0.332. The summed E-state index contributed by atoms with van der Waals surface area (Å²) in [5.41, 5.74) is 17.6. The quantitative estimate of drug-likeness (QED) is 0.179. The van der Waals surface area contributed by atoms with E-state index in [-0.39, 0.29) is 16.2 Å². The second-order valence-electron chi connectivity index (χ2n) is 19.8. The largest absolute Gasteiger partial charge is 0.355 e. The molecule has 1 N–H and O–H groups in total. The van der Waals surface area contributed by atoms with Crippen LogP contribution in [0.2, 0.25) is 0 Å². The Morgan fingerprint density at radius 2 is 1.38 bits per heavy atom. The number of hydrogen-bond acceptors (Lipinski definition) is 4. The molecule has 3 nitrogen and oxygen atoms in total. The Balaban J connectivity index is 1.14. The maximum absolute atomic E-state index is 5.24. The van der Waals surface area contributed by atoms with Gasteiger partial charge in [-0.15, -0.1) is 22.7 Å². The maximum atomic E-state index is 5.24. The predicted octanol–water partition coefficient (Wildman–Crippen LogP) is 14.5. The van der Waals surface area contributed by atoms with Crippen molar-refractivity contribution < 1.29 is 0 Å². The average molecular weight is 825 g/mol. The summed E-state index contributed by atoms with van der Waals surface area (Å²) in [7, 11) is 2.46. The molecule has 0 atom stereocenters. The fourth-order valence-electron chi connectivity index (χ4n) is 10.3. The fraction of sp³-hybridized carbons (Fsp3) is 0.218. The molecule has 12 rings (SSSR count). The Hall–Kier alpha value is -5.69. The molecule has 0 saturated heterocycles. The zero-order valence-corrected chi connectivity index (χ0v) is 37.5. The molecule has 0 saturated carbocycles. The Morgan fingerprint density at radius 3 is 2.15 bits per heavy atom. The van der Waals surface area contributed by atoms with Crippen LogP contribution in [0.15, 0.2) is 127 Å². The van der Waals surface area contributed by atoms with E-state index >= 15 is 0 Å². The monoisotopic (exact) mass is 824 g/mol. The molecule has 10 aromatic rings. The van der Waals surface area contributed by atoms with Gasteiger partial charge in [0.1, 0.15) is 5.01 Å². The van der Waals surface area contributed by atoms with Crippen molar-refractivity contribution in [2.75, 3.05) is 5.32 Å². The number of fused-ring (bicyclic) bond motifs is 10. The highest BCUT2D eigenvalue weighted by molar-refractivity contribution is 7.26. The molecule has 1 aliphatic carbocycles. The molecule has 0 amide bonds. The van der Waals surface area contributed by atoms with Gasteiger partial charge in [-0.05, 0) is 111 Å². The Kier molecular flexibility index (Phi) is 7.86. The van der Waals surface area contributed by atoms with Gasteiger partial charge in [-0.2, -0.15) is 0 Å². The molecule has 4 heterocycles. The predicted molar refractivity (Wildman–Crippen MR) is 266 cm³/mol. The van der Waals surface area contributed by atoms with E-state index in [1.807, 2.05) is 11.3 Å². The molecule has 7 aromatic carbocycles. The first-order valence-corrected chi connectivity index (χ1v) is 23.3. The number of rotatable bonds is 4. The molecule has 6 heteroatoms. The minimum Gasteiger partial charge on any atom is -0.355 e. The van der Waals surface area contributed by atoms with E-state index in [4.69, 9.17) is 4.98 Å². The smallest absolute Gasteiger partial charge is 0.198 e. The van der Waals surface area contributed by atoms with E-state index in [1.165, 1.54) is 91.1 Å².